The fourth-order valence-electron chi connectivity index (χ4n) is 2.34. The molecule has 0 amide bonds. The highest BCUT2D eigenvalue weighted by atomic mass is 79.9. The van der Waals surface area contributed by atoms with Gasteiger partial charge in [-0.3, -0.25) is 0 Å². The van der Waals surface area contributed by atoms with Gasteiger partial charge in [-0.05, 0) is 52.3 Å². The van der Waals surface area contributed by atoms with Gasteiger partial charge in [0.05, 0.1) is 10.4 Å². The van der Waals surface area contributed by atoms with Gasteiger partial charge in [0.1, 0.15) is 11.6 Å². The Labute approximate surface area is 123 Å². The number of aromatic nitrogens is 2. The third-order valence-electron chi connectivity index (χ3n) is 3.20. The van der Waals surface area contributed by atoms with Crippen molar-refractivity contribution in [2.24, 2.45) is 0 Å². The summed E-state index contributed by atoms with van der Waals surface area (Å²) in [6.07, 6.45) is 3.52. The van der Waals surface area contributed by atoms with Crippen LogP contribution in [0.3, 0.4) is 0 Å². The molecule has 2 aromatic heterocycles. The lowest BCUT2D eigenvalue weighted by Gasteiger charge is -2.17. The minimum Gasteiger partial charge on any atom is -0.364 e. The van der Waals surface area contributed by atoms with Crippen LogP contribution < -0.4 is 0 Å². The predicted octanol–water partition coefficient (Wildman–Crippen LogP) is 4.56. The monoisotopic (exact) mass is 336 g/mol. The molecule has 2 N–H and O–H groups in total. The lowest BCUT2D eigenvalue weighted by Crippen LogP contribution is -2.07. The zero-order valence-electron chi connectivity index (χ0n) is 10.3. The van der Waals surface area contributed by atoms with Crippen LogP contribution in [0.5, 0.6) is 0 Å². The van der Waals surface area contributed by atoms with Crippen molar-refractivity contribution in [3.8, 4) is 0 Å². The molecule has 2 heterocycles. The molecule has 0 saturated heterocycles. The molecule has 3 rings (SSSR count). The van der Waals surface area contributed by atoms with Gasteiger partial charge >= 0.3 is 0 Å². The molecule has 0 radical (unpaired) electrons. The van der Waals surface area contributed by atoms with Gasteiger partial charge in [0.2, 0.25) is 0 Å². The summed E-state index contributed by atoms with van der Waals surface area (Å²) in [4.78, 5) is 6.13. The minimum atomic E-state index is -0.476. The Morgan fingerprint density at radius 2 is 1.55 bits per heavy atom. The Kier molecular flexibility index (Phi) is 3.44. The third-order valence-corrected chi connectivity index (χ3v) is 3.78. The van der Waals surface area contributed by atoms with E-state index in [-0.39, 0.29) is 10.0 Å². The van der Waals surface area contributed by atoms with E-state index in [2.05, 4.69) is 25.9 Å². The smallest absolute Gasteiger partial charge is 0.141 e. The number of rotatable bonds is 3. The highest BCUT2D eigenvalue weighted by Gasteiger charge is 2.24. The third kappa shape index (κ3) is 2.29. The van der Waals surface area contributed by atoms with Crippen molar-refractivity contribution in [2.75, 3.05) is 0 Å². The van der Waals surface area contributed by atoms with Crippen LogP contribution in [0.1, 0.15) is 22.9 Å². The van der Waals surface area contributed by atoms with Gasteiger partial charge < -0.3 is 9.97 Å². The maximum Gasteiger partial charge on any atom is 0.141 e. The van der Waals surface area contributed by atoms with Crippen molar-refractivity contribution in [1.82, 2.24) is 9.97 Å². The van der Waals surface area contributed by atoms with E-state index < -0.39 is 17.6 Å². The standard InChI is InChI=1S/C15H11BrF2N2/c16-11-8-9(17)7-10(15(11)18)14(12-3-1-5-19-12)13-4-2-6-20-13/h1-8,14,19-20H. The Hall–Kier alpha value is -1.88. The number of nitrogens with one attached hydrogen (secondary N) is 2. The number of aromatic amines is 2. The maximum absolute atomic E-state index is 14.4. The van der Waals surface area contributed by atoms with Crippen molar-refractivity contribution in [2.45, 2.75) is 5.92 Å². The van der Waals surface area contributed by atoms with Crippen molar-refractivity contribution in [1.29, 1.82) is 0 Å². The van der Waals surface area contributed by atoms with Gasteiger partial charge in [0.15, 0.2) is 0 Å². The maximum atomic E-state index is 14.4. The van der Waals surface area contributed by atoms with Crippen molar-refractivity contribution in [3.05, 3.63) is 81.9 Å². The van der Waals surface area contributed by atoms with E-state index in [1.54, 1.807) is 12.4 Å². The van der Waals surface area contributed by atoms with Crippen LogP contribution in [0.4, 0.5) is 8.78 Å². The fourth-order valence-corrected chi connectivity index (χ4v) is 2.78. The molecule has 0 aliphatic heterocycles. The summed E-state index contributed by atoms with van der Waals surface area (Å²) in [6, 6.07) is 9.72. The molecule has 0 atom stereocenters. The van der Waals surface area contributed by atoms with E-state index >= 15 is 0 Å². The van der Waals surface area contributed by atoms with Crippen LogP contribution in [0.25, 0.3) is 0 Å². The first-order chi connectivity index (χ1) is 9.66. The molecule has 3 aromatic rings. The molecule has 5 heteroatoms. The predicted molar refractivity (Wildman–Crippen MR) is 76.6 cm³/mol. The summed E-state index contributed by atoms with van der Waals surface area (Å²) in [6.45, 7) is 0. The number of hydrogen-bond donors (Lipinski definition) is 2. The van der Waals surface area contributed by atoms with E-state index in [4.69, 9.17) is 0 Å². The molecule has 20 heavy (non-hydrogen) atoms. The summed E-state index contributed by atoms with van der Waals surface area (Å²) in [5.41, 5.74) is 1.87. The second-order valence-corrected chi connectivity index (χ2v) is 5.33. The van der Waals surface area contributed by atoms with E-state index in [1.165, 1.54) is 6.07 Å². The Bertz CT molecular complexity index is 672. The molecule has 0 aliphatic carbocycles. The quantitative estimate of drug-likeness (QED) is 0.657. The Morgan fingerprint density at radius 3 is 2.05 bits per heavy atom. The van der Waals surface area contributed by atoms with Gasteiger partial charge in [0.25, 0.3) is 0 Å². The van der Waals surface area contributed by atoms with E-state index in [0.717, 1.165) is 17.5 Å². The molecule has 1 aromatic carbocycles. The average Bonchev–Trinajstić information content (AvgIpc) is 3.08. The second kappa shape index (κ2) is 5.25. The molecular weight excluding hydrogens is 326 g/mol. The average molecular weight is 337 g/mol. The van der Waals surface area contributed by atoms with Crippen LogP contribution in [-0.4, -0.2) is 9.97 Å². The van der Waals surface area contributed by atoms with E-state index in [0.29, 0.717) is 0 Å². The van der Waals surface area contributed by atoms with Crippen LogP contribution in [0, 0.1) is 11.6 Å². The highest BCUT2D eigenvalue weighted by molar-refractivity contribution is 9.10. The largest absolute Gasteiger partial charge is 0.364 e. The molecule has 0 saturated carbocycles. The summed E-state index contributed by atoms with van der Waals surface area (Å²) in [5.74, 6) is -1.34. The summed E-state index contributed by atoms with van der Waals surface area (Å²) in [7, 11) is 0. The van der Waals surface area contributed by atoms with Crippen molar-refractivity contribution < 1.29 is 8.78 Å². The van der Waals surface area contributed by atoms with Crippen LogP contribution in [0.2, 0.25) is 0 Å². The number of halogens is 3. The molecule has 102 valence electrons. The Morgan fingerprint density at radius 1 is 0.950 bits per heavy atom. The summed E-state index contributed by atoms with van der Waals surface area (Å²) in [5, 5.41) is 0. The van der Waals surface area contributed by atoms with Gasteiger partial charge in [-0.2, -0.15) is 0 Å². The minimum absolute atomic E-state index is 0.121. The van der Waals surface area contributed by atoms with Crippen molar-refractivity contribution in [3.63, 3.8) is 0 Å². The number of hydrogen-bond acceptors (Lipinski definition) is 0. The zero-order chi connectivity index (χ0) is 14.1. The number of benzene rings is 1. The van der Waals surface area contributed by atoms with Crippen LogP contribution >= 0.6 is 15.9 Å². The lowest BCUT2D eigenvalue weighted by molar-refractivity contribution is 0.574. The summed E-state index contributed by atoms with van der Waals surface area (Å²) >= 11 is 3.06. The van der Waals surface area contributed by atoms with Crippen molar-refractivity contribution >= 4 is 15.9 Å². The molecule has 0 spiro atoms. The molecule has 0 unspecified atom stereocenters. The molecule has 0 fully saturated rings. The van der Waals surface area contributed by atoms with Crippen LogP contribution in [0.15, 0.2) is 53.3 Å². The van der Waals surface area contributed by atoms with E-state index in [1.807, 2.05) is 24.3 Å². The van der Waals surface area contributed by atoms with Gasteiger partial charge in [-0.15, -0.1) is 0 Å². The number of H-pyrrole nitrogens is 2. The first-order valence-electron chi connectivity index (χ1n) is 6.08. The molecular formula is C15H11BrF2N2. The topological polar surface area (TPSA) is 31.6 Å². The molecule has 0 bridgehead atoms. The van der Waals surface area contributed by atoms with Gasteiger partial charge in [-0.1, -0.05) is 0 Å². The zero-order valence-corrected chi connectivity index (χ0v) is 11.9. The normalized spacial score (nSPS) is 11.2. The highest BCUT2D eigenvalue weighted by Crippen LogP contribution is 2.34. The first kappa shape index (κ1) is 13.1. The SMILES string of the molecule is Fc1cc(Br)c(F)c(C(c2ccc[nH]2)c2ccc[nH]2)c1. The second-order valence-electron chi connectivity index (χ2n) is 4.47. The summed E-state index contributed by atoms with van der Waals surface area (Å²) < 4.78 is 28.1. The first-order valence-corrected chi connectivity index (χ1v) is 6.87. The van der Waals surface area contributed by atoms with Gasteiger partial charge in [0, 0.05) is 29.3 Å². The van der Waals surface area contributed by atoms with E-state index in [9.17, 15) is 8.78 Å². The Balaban J connectivity index is 2.21. The van der Waals surface area contributed by atoms with Gasteiger partial charge in [-0.25, -0.2) is 8.78 Å². The van der Waals surface area contributed by atoms with Crippen LogP contribution in [-0.2, 0) is 0 Å². The molecule has 2 nitrogen and oxygen atoms in total. The lowest BCUT2D eigenvalue weighted by atomic mass is 9.92. The molecule has 0 aliphatic rings. The fraction of sp³-hybridized carbons (Fsp3) is 0.0667.